The highest BCUT2D eigenvalue weighted by Gasteiger charge is 2.32. The second-order valence-electron chi connectivity index (χ2n) is 10.9. The van der Waals surface area contributed by atoms with E-state index >= 15 is 0 Å². The number of benzene rings is 3. The van der Waals surface area contributed by atoms with E-state index < -0.39 is 0 Å². The number of anilines is 1. The first-order chi connectivity index (χ1) is 22.0. The van der Waals surface area contributed by atoms with Gasteiger partial charge in [-0.3, -0.25) is 19.8 Å². The Morgan fingerprint density at radius 1 is 1.04 bits per heavy atom. The van der Waals surface area contributed by atoms with Crippen molar-refractivity contribution in [2.75, 3.05) is 25.5 Å². The van der Waals surface area contributed by atoms with E-state index in [4.69, 9.17) is 39.3 Å². The van der Waals surface area contributed by atoms with Crippen molar-refractivity contribution >= 4 is 52.6 Å². The van der Waals surface area contributed by atoms with Crippen LogP contribution in [0.3, 0.4) is 0 Å². The van der Waals surface area contributed by atoms with E-state index in [1.54, 1.807) is 72.4 Å². The summed E-state index contributed by atoms with van der Waals surface area (Å²) in [6, 6.07) is 20.0. The number of likely N-dealkylation sites (N-methyl/N-ethyl adjacent to an activating group) is 1. The third-order valence-corrected chi connectivity index (χ3v) is 8.42. The summed E-state index contributed by atoms with van der Waals surface area (Å²) in [5.74, 6) is -0.145. The first-order valence-electron chi connectivity index (χ1n) is 14.4. The van der Waals surface area contributed by atoms with Gasteiger partial charge in [0, 0.05) is 42.4 Å². The van der Waals surface area contributed by atoms with Crippen molar-refractivity contribution in [1.29, 1.82) is 5.41 Å². The smallest absolute Gasteiger partial charge is 0.263 e. The lowest BCUT2D eigenvalue weighted by atomic mass is 9.98. The summed E-state index contributed by atoms with van der Waals surface area (Å²) in [4.78, 5) is 52.5. The minimum atomic E-state index is -0.316. The average molecular weight is 660 g/mol. The number of fused-ring (bicyclic) bond motifs is 1. The highest BCUT2D eigenvalue weighted by atomic mass is 35.5. The molecule has 3 aromatic carbocycles. The van der Waals surface area contributed by atoms with E-state index in [-0.39, 0.29) is 65.6 Å². The van der Waals surface area contributed by atoms with Gasteiger partial charge in [-0.05, 0) is 55.8 Å². The molecule has 0 bridgehead atoms. The van der Waals surface area contributed by atoms with Gasteiger partial charge >= 0.3 is 0 Å². The zero-order chi connectivity index (χ0) is 33.1. The van der Waals surface area contributed by atoms with Gasteiger partial charge in [0.2, 0.25) is 5.95 Å². The number of hydrogen-bond acceptors (Lipinski definition) is 6. The summed E-state index contributed by atoms with van der Waals surface area (Å²) in [6.45, 7) is 2.00. The number of aromatic nitrogens is 2. The van der Waals surface area contributed by atoms with Crippen molar-refractivity contribution in [3.63, 3.8) is 0 Å². The fourth-order valence-electron chi connectivity index (χ4n) is 5.26. The lowest BCUT2D eigenvalue weighted by Crippen LogP contribution is -2.46. The summed E-state index contributed by atoms with van der Waals surface area (Å²) in [5.41, 5.74) is 8.80. The molecule has 1 aliphatic heterocycles. The third-order valence-electron chi connectivity index (χ3n) is 7.68. The standard InChI is InChI=1S/C33H32Cl2N8O3/c1-19-15-24-27(17-42(19)31(45)22-11-14-25(34)26(35)16-22)39-33(41(3)18-28(36)40-29(37)20-7-5-4-6-8-20)43(32(24)46)23-12-9-21(10-13-23)30(44)38-2/h4-14,16,19H,15,17-18H2,1-3H3,(H,38,44)(H3,36,37,40)/t19-/m1/s1. The van der Waals surface area contributed by atoms with Gasteiger partial charge in [0.05, 0.1) is 34.5 Å². The Bertz CT molecular complexity index is 1910. The molecule has 11 nitrogen and oxygen atoms in total. The lowest BCUT2D eigenvalue weighted by molar-refractivity contribution is 0.0653. The number of nitrogens with one attached hydrogen (secondary N) is 2. The number of hydrogen-bond donors (Lipinski definition) is 3. The van der Waals surface area contributed by atoms with Crippen LogP contribution < -0.4 is 21.5 Å². The molecule has 1 aliphatic rings. The summed E-state index contributed by atoms with van der Waals surface area (Å²) in [6.07, 6.45) is 0.270. The molecule has 0 spiro atoms. The van der Waals surface area contributed by atoms with E-state index in [0.717, 1.165) is 0 Å². The Kier molecular flexibility index (Phi) is 9.54. The number of nitrogens with zero attached hydrogens (tertiary/aromatic N) is 5. The Morgan fingerprint density at radius 3 is 2.37 bits per heavy atom. The highest BCUT2D eigenvalue weighted by molar-refractivity contribution is 6.42. The molecule has 0 saturated carbocycles. The largest absolute Gasteiger partial charge is 0.386 e. The molecule has 2 heterocycles. The molecule has 1 atom stereocenters. The van der Waals surface area contributed by atoms with Crippen LogP contribution in [-0.4, -0.2) is 64.6 Å². The van der Waals surface area contributed by atoms with Crippen molar-refractivity contribution < 1.29 is 9.59 Å². The molecule has 4 aromatic rings. The summed E-state index contributed by atoms with van der Waals surface area (Å²) >= 11 is 12.3. The van der Waals surface area contributed by atoms with E-state index in [1.165, 1.54) is 10.6 Å². The number of amides is 2. The molecule has 0 radical (unpaired) electrons. The quantitative estimate of drug-likeness (QED) is 0.199. The normalized spacial score (nSPS) is 14.4. The molecular formula is C33H32Cl2N8O3. The number of carbonyl (C=O) groups excluding carboxylic acids is 2. The maximum absolute atomic E-state index is 14.2. The minimum Gasteiger partial charge on any atom is -0.386 e. The summed E-state index contributed by atoms with van der Waals surface area (Å²) in [7, 11) is 3.25. The Morgan fingerprint density at radius 2 is 1.72 bits per heavy atom. The summed E-state index contributed by atoms with van der Waals surface area (Å²) < 4.78 is 1.46. The number of nitrogens with two attached hydrogens (primary N) is 1. The van der Waals surface area contributed by atoms with E-state index in [2.05, 4.69) is 10.3 Å². The van der Waals surface area contributed by atoms with Crippen LogP contribution in [0.15, 0.2) is 82.6 Å². The van der Waals surface area contributed by atoms with Crippen molar-refractivity contribution in [2.24, 2.45) is 10.7 Å². The number of aliphatic imine (C=N–C) groups is 1. The number of rotatable bonds is 7. The molecule has 0 saturated heterocycles. The Hall–Kier alpha value is -5.00. The first-order valence-corrected chi connectivity index (χ1v) is 15.2. The molecule has 1 aromatic heterocycles. The van der Waals surface area contributed by atoms with Crippen molar-refractivity contribution in [3.8, 4) is 5.69 Å². The molecule has 0 aliphatic carbocycles. The maximum Gasteiger partial charge on any atom is 0.263 e. The Balaban J connectivity index is 1.55. The van der Waals surface area contributed by atoms with Crippen LogP contribution in [0.25, 0.3) is 5.69 Å². The van der Waals surface area contributed by atoms with E-state index in [1.807, 2.05) is 25.1 Å². The van der Waals surface area contributed by atoms with Gasteiger partial charge in [0.25, 0.3) is 17.4 Å². The van der Waals surface area contributed by atoms with Gasteiger partial charge in [0.1, 0.15) is 5.84 Å². The van der Waals surface area contributed by atoms with E-state index in [9.17, 15) is 14.4 Å². The fraction of sp³-hybridized carbons (Fsp3) is 0.212. The van der Waals surface area contributed by atoms with Gasteiger partial charge in [-0.15, -0.1) is 0 Å². The molecule has 13 heteroatoms. The van der Waals surface area contributed by atoms with Crippen LogP contribution in [0.1, 0.15) is 44.5 Å². The molecule has 0 fully saturated rings. The maximum atomic E-state index is 14.2. The topological polar surface area (TPSA) is 150 Å². The predicted octanol–water partition coefficient (Wildman–Crippen LogP) is 4.30. The van der Waals surface area contributed by atoms with Crippen LogP contribution >= 0.6 is 23.2 Å². The fourth-order valence-corrected chi connectivity index (χ4v) is 5.56. The predicted molar refractivity (Wildman–Crippen MR) is 181 cm³/mol. The monoisotopic (exact) mass is 658 g/mol. The van der Waals surface area contributed by atoms with Gasteiger partial charge in [-0.2, -0.15) is 0 Å². The molecule has 0 unspecified atom stereocenters. The molecule has 236 valence electrons. The number of halogens is 2. The second-order valence-corrected chi connectivity index (χ2v) is 11.7. The van der Waals surface area contributed by atoms with Crippen molar-refractivity contribution in [1.82, 2.24) is 19.8 Å². The number of amidine groups is 2. The minimum absolute atomic E-state index is 0.00229. The van der Waals surface area contributed by atoms with Gasteiger partial charge in [0.15, 0.2) is 5.84 Å². The zero-order valence-corrected chi connectivity index (χ0v) is 26.9. The van der Waals surface area contributed by atoms with Crippen molar-refractivity contribution in [3.05, 3.63) is 121 Å². The molecular weight excluding hydrogens is 627 g/mol. The van der Waals surface area contributed by atoms with Crippen LogP contribution in [0.2, 0.25) is 10.0 Å². The Labute approximate surface area is 275 Å². The van der Waals surface area contributed by atoms with Crippen LogP contribution in [-0.2, 0) is 13.0 Å². The average Bonchev–Trinajstić information content (AvgIpc) is 3.05. The zero-order valence-electron chi connectivity index (χ0n) is 25.4. The molecule has 2 amide bonds. The molecule has 4 N–H and O–H groups in total. The molecule has 5 rings (SSSR count). The molecule has 46 heavy (non-hydrogen) atoms. The van der Waals surface area contributed by atoms with Crippen LogP contribution in [0.4, 0.5) is 5.95 Å². The second kappa shape index (κ2) is 13.6. The van der Waals surface area contributed by atoms with Crippen LogP contribution in [0.5, 0.6) is 0 Å². The van der Waals surface area contributed by atoms with Crippen molar-refractivity contribution in [2.45, 2.75) is 25.9 Å². The van der Waals surface area contributed by atoms with Crippen LogP contribution in [0, 0.1) is 5.41 Å². The number of carbonyl (C=O) groups is 2. The third kappa shape index (κ3) is 6.65. The van der Waals surface area contributed by atoms with Gasteiger partial charge < -0.3 is 20.9 Å². The highest BCUT2D eigenvalue weighted by Crippen LogP contribution is 2.28. The summed E-state index contributed by atoms with van der Waals surface area (Å²) in [5, 5.41) is 11.5. The van der Waals surface area contributed by atoms with Gasteiger partial charge in [-0.25, -0.2) is 14.5 Å². The van der Waals surface area contributed by atoms with Gasteiger partial charge in [-0.1, -0.05) is 53.5 Å². The lowest BCUT2D eigenvalue weighted by Gasteiger charge is -2.35. The first kappa shape index (κ1) is 32.4. The van der Waals surface area contributed by atoms with E-state index in [0.29, 0.717) is 38.7 Å². The SMILES string of the molecule is CNC(=O)c1ccc(-n2c(N(C)CC(N)=NC(=N)c3ccccc3)nc3c(c2=O)C[C@@H](C)N(C(=O)c2ccc(Cl)c(Cl)c2)C3)cc1.